The lowest BCUT2D eigenvalue weighted by atomic mass is 10.2. The van der Waals surface area contributed by atoms with E-state index in [9.17, 15) is 13.2 Å². The highest BCUT2D eigenvalue weighted by Gasteiger charge is 2.49. The Labute approximate surface area is 83.5 Å². The minimum absolute atomic E-state index is 0.0603. The van der Waals surface area contributed by atoms with Crippen molar-refractivity contribution in [3.8, 4) is 0 Å². The Morgan fingerprint density at radius 3 is 2.64 bits per heavy atom. The van der Waals surface area contributed by atoms with Crippen LogP contribution in [0.2, 0.25) is 0 Å². The zero-order valence-electron chi connectivity index (χ0n) is 8.01. The number of hydrogen-bond donors (Lipinski definition) is 0. The molecule has 0 radical (unpaired) electrons. The van der Waals surface area contributed by atoms with E-state index in [0.29, 0.717) is 13.0 Å². The first-order valence-corrected chi connectivity index (χ1v) is 6.41. The third-order valence-electron chi connectivity index (χ3n) is 2.90. The molecule has 0 aliphatic carbocycles. The number of hydrogen-bond acceptors (Lipinski definition) is 3. The summed E-state index contributed by atoms with van der Waals surface area (Å²) in [6.07, 6.45) is 3.81. The molecule has 14 heavy (non-hydrogen) atoms. The van der Waals surface area contributed by atoms with Gasteiger partial charge in [0.25, 0.3) is 0 Å². The second kappa shape index (κ2) is 3.08. The molecule has 78 valence electrons. The Kier molecular flexibility index (Phi) is 2.14. The van der Waals surface area contributed by atoms with Gasteiger partial charge in [-0.25, -0.2) is 8.42 Å². The fraction of sp³-hybridized carbons (Fsp3) is 0.667. The van der Waals surface area contributed by atoms with Crippen LogP contribution in [0.15, 0.2) is 12.2 Å². The minimum Gasteiger partial charge on any atom is -0.334 e. The van der Waals surface area contributed by atoms with Crippen molar-refractivity contribution >= 4 is 15.7 Å². The molecule has 2 rings (SSSR count). The summed E-state index contributed by atoms with van der Waals surface area (Å²) in [5.74, 6) is 0.0935. The van der Waals surface area contributed by atoms with Crippen molar-refractivity contribution in [3.05, 3.63) is 12.2 Å². The van der Waals surface area contributed by atoms with Crippen molar-refractivity contribution in [1.82, 2.24) is 4.90 Å². The number of rotatable bonds is 1. The van der Waals surface area contributed by atoms with E-state index in [2.05, 4.69) is 0 Å². The number of likely N-dealkylation sites (tertiary alicyclic amines) is 1. The lowest BCUT2D eigenvalue weighted by molar-refractivity contribution is -0.126. The lowest BCUT2D eigenvalue weighted by Crippen LogP contribution is -2.43. The maximum atomic E-state index is 11.5. The van der Waals surface area contributed by atoms with E-state index in [1.807, 2.05) is 0 Å². The van der Waals surface area contributed by atoms with Crippen molar-refractivity contribution < 1.29 is 13.2 Å². The van der Waals surface area contributed by atoms with Crippen LogP contribution in [0.1, 0.15) is 13.3 Å². The number of allylic oxidation sites excluding steroid dienone is 1. The summed E-state index contributed by atoms with van der Waals surface area (Å²) in [5, 5.41) is -0.304. The van der Waals surface area contributed by atoms with Crippen LogP contribution < -0.4 is 0 Å². The number of fused-ring (bicyclic) bond motifs is 2. The Bertz CT molecular complexity index is 385. The molecule has 2 fully saturated rings. The van der Waals surface area contributed by atoms with Crippen molar-refractivity contribution in [2.45, 2.75) is 24.6 Å². The standard InChI is InChI=1S/C9H13NO3S/c1-2-3-9(11)10-5-8-4-7(10)6-14(8,12)13/h2-3,7-8H,4-6H2,1H3/b3-2+. The van der Waals surface area contributed by atoms with Gasteiger partial charge in [-0.3, -0.25) is 4.79 Å². The van der Waals surface area contributed by atoms with E-state index in [1.54, 1.807) is 17.9 Å². The first-order valence-electron chi connectivity index (χ1n) is 4.69. The van der Waals surface area contributed by atoms with Crippen LogP contribution in [-0.2, 0) is 14.6 Å². The van der Waals surface area contributed by atoms with Crippen molar-refractivity contribution in [1.29, 1.82) is 0 Å². The molecule has 1 amide bonds. The fourth-order valence-electron chi connectivity index (χ4n) is 2.20. The quantitative estimate of drug-likeness (QED) is 0.577. The summed E-state index contributed by atoms with van der Waals surface area (Å²) < 4.78 is 22.8. The van der Waals surface area contributed by atoms with Gasteiger partial charge in [0.2, 0.25) is 5.91 Å². The number of carbonyl (C=O) groups excluding carboxylic acids is 1. The van der Waals surface area contributed by atoms with Gasteiger partial charge < -0.3 is 4.90 Å². The fourth-order valence-corrected chi connectivity index (χ4v) is 4.23. The third kappa shape index (κ3) is 1.35. The van der Waals surface area contributed by atoms with Crippen molar-refractivity contribution in [2.24, 2.45) is 0 Å². The van der Waals surface area contributed by atoms with Gasteiger partial charge in [0.05, 0.1) is 11.0 Å². The van der Waals surface area contributed by atoms with Crippen LogP contribution in [0.25, 0.3) is 0 Å². The van der Waals surface area contributed by atoms with Crippen LogP contribution >= 0.6 is 0 Å². The predicted molar refractivity (Wildman–Crippen MR) is 52.5 cm³/mol. The molecular weight excluding hydrogens is 202 g/mol. The SMILES string of the molecule is C/C=C/C(=O)N1CC2CC1CS2(=O)=O. The lowest BCUT2D eigenvalue weighted by Gasteiger charge is -2.25. The highest BCUT2D eigenvalue weighted by atomic mass is 32.2. The topological polar surface area (TPSA) is 54.5 Å². The summed E-state index contributed by atoms with van der Waals surface area (Å²) in [6.45, 7) is 2.17. The molecule has 0 aromatic rings. The normalized spacial score (nSPS) is 34.2. The maximum Gasteiger partial charge on any atom is 0.246 e. The molecule has 4 nitrogen and oxygen atoms in total. The highest BCUT2D eigenvalue weighted by Crippen LogP contribution is 2.32. The van der Waals surface area contributed by atoms with E-state index in [-0.39, 0.29) is 23.0 Å². The summed E-state index contributed by atoms with van der Waals surface area (Å²) in [6, 6.07) is -0.0753. The zero-order chi connectivity index (χ0) is 10.3. The van der Waals surface area contributed by atoms with Crippen molar-refractivity contribution in [2.75, 3.05) is 12.3 Å². The molecule has 0 aromatic heterocycles. The van der Waals surface area contributed by atoms with Crippen LogP contribution in [0.5, 0.6) is 0 Å². The molecule has 2 aliphatic rings. The first kappa shape index (κ1) is 9.71. The molecule has 2 aliphatic heterocycles. The summed E-state index contributed by atoms with van der Waals surface area (Å²) in [4.78, 5) is 13.2. The van der Waals surface area contributed by atoms with Crippen LogP contribution in [0, 0.1) is 0 Å². The second-order valence-corrected chi connectivity index (χ2v) is 6.16. The molecule has 2 unspecified atom stereocenters. The Morgan fingerprint density at radius 2 is 2.21 bits per heavy atom. The molecule has 2 bridgehead atoms. The van der Waals surface area contributed by atoms with E-state index in [0.717, 1.165) is 0 Å². The zero-order valence-corrected chi connectivity index (χ0v) is 8.83. The van der Waals surface area contributed by atoms with Gasteiger partial charge in [-0.05, 0) is 19.4 Å². The van der Waals surface area contributed by atoms with Crippen LogP contribution in [0.3, 0.4) is 0 Å². The van der Waals surface area contributed by atoms with Gasteiger partial charge in [0, 0.05) is 12.6 Å². The molecular formula is C9H13NO3S. The van der Waals surface area contributed by atoms with Gasteiger partial charge >= 0.3 is 0 Å². The first-order chi connectivity index (χ1) is 6.54. The van der Waals surface area contributed by atoms with Gasteiger partial charge in [0.1, 0.15) is 0 Å². The van der Waals surface area contributed by atoms with Gasteiger partial charge in [-0.2, -0.15) is 0 Å². The highest BCUT2D eigenvalue weighted by molar-refractivity contribution is 7.92. The number of sulfone groups is 1. The van der Waals surface area contributed by atoms with Crippen molar-refractivity contribution in [3.63, 3.8) is 0 Å². The average Bonchev–Trinajstić information content (AvgIpc) is 2.59. The van der Waals surface area contributed by atoms with Gasteiger partial charge in [0.15, 0.2) is 9.84 Å². The van der Waals surface area contributed by atoms with Gasteiger partial charge in [-0.15, -0.1) is 0 Å². The minimum atomic E-state index is -2.89. The summed E-state index contributed by atoms with van der Waals surface area (Å²) in [7, 11) is -2.89. The van der Waals surface area contributed by atoms with Crippen LogP contribution in [-0.4, -0.2) is 42.8 Å². The molecule has 0 N–H and O–H groups in total. The molecule has 0 spiro atoms. The van der Waals surface area contributed by atoms with E-state index in [4.69, 9.17) is 0 Å². The summed E-state index contributed by atoms with van der Waals surface area (Å²) in [5.41, 5.74) is 0. The molecule has 2 atom stereocenters. The smallest absolute Gasteiger partial charge is 0.246 e. The molecule has 5 heteroatoms. The number of amides is 1. The Morgan fingerprint density at radius 1 is 1.50 bits per heavy atom. The number of nitrogens with zero attached hydrogens (tertiary/aromatic N) is 1. The average molecular weight is 215 g/mol. The van der Waals surface area contributed by atoms with E-state index < -0.39 is 9.84 Å². The predicted octanol–water partition coefficient (Wildman–Crippen LogP) is -0.0396. The van der Waals surface area contributed by atoms with Gasteiger partial charge in [-0.1, -0.05) is 6.08 Å². The molecule has 2 saturated heterocycles. The monoisotopic (exact) mass is 215 g/mol. The largest absolute Gasteiger partial charge is 0.334 e. The molecule has 2 heterocycles. The Hall–Kier alpha value is -0.840. The number of carbonyl (C=O) groups is 1. The summed E-state index contributed by atoms with van der Waals surface area (Å²) >= 11 is 0. The third-order valence-corrected chi connectivity index (χ3v) is 5.11. The van der Waals surface area contributed by atoms with E-state index >= 15 is 0 Å². The molecule has 0 aromatic carbocycles. The maximum absolute atomic E-state index is 11.5. The van der Waals surface area contributed by atoms with E-state index in [1.165, 1.54) is 6.08 Å². The second-order valence-electron chi connectivity index (χ2n) is 3.83. The molecule has 0 saturated carbocycles. The van der Waals surface area contributed by atoms with Crippen LogP contribution in [0.4, 0.5) is 0 Å². The Balaban J connectivity index is 2.14.